The number of hydrogen-bond donors (Lipinski definition) is 1. The number of nitrogens with one attached hydrogen (secondary N) is 1. The lowest BCUT2D eigenvalue weighted by Gasteiger charge is -2.32. The molecule has 2 aromatic carbocycles. The van der Waals surface area contributed by atoms with Crippen LogP contribution in [-0.2, 0) is 6.54 Å². The number of fused-ring (bicyclic) bond motifs is 3. The summed E-state index contributed by atoms with van der Waals surface area (Å²) in [5.41, 5.74) is 3.09. The lowest BCUT2D eigenvalue weighted by atomic mass is 10.0. The fourth-order valence-electron chi connectivity index (χ4n) is 4.20. The van der Waals surface area contributed by atoms with Crippen molar-refractivity contribution in [2.45, 2.75) is 32.4 Å². The molecule has 0 spiro atoms. The van der Waals surface area contributed by atoms with Gasteiger partial charge >= 0.3 is 0 Å². The SMILES string of the molecule is COc1cccc(CN2CCC(Nc3nc4ccccc4c4nc(C)nn34)CC2)c1. The van der Waals surface area contributed by atoms with Crippen LogP contribution in [0.3, 0.4) is 0 Å². The summed E-state index contributed by atoms with van der Waals surface area (Å²) in [5, 5.41) is 9.23. The highest BCUT2D eigenvalue weighted by Gasteiger charge is 2.21. The Morgan fingerprint density at radius 2 is 1.90 bits per heavy atom. The van der Waals surface area contributed by atoms with Crippen LogP contribution < -0.4 is 10.1 Å². The molecule has 1 N–H and O–H groups in total. The molecular formula is C23H26N6O. The summed E-state index contributed by atoms with van der Waals surface area (Å²) >= 11 is 0. The van der Waals surface area contributed by atoms with Crippen LogP contribution in [0.15, 0.2) is 48.5 Å². The van der Waals surface area contributed by atoms with Gasteiger partial charge in [-0.25, -0.2) is 9.97 Å². The third-order valence-corrected chi connectivity index (χ3v) is 5.75. The molecule has 1 saturated heterocycles. The van der Waals surface area contributed by atoms with Gasteiger partial charge in [-0.2, -0.15) is 4.52 Å². The number of aryl methyl sites for hydroxylation is 1. The van der Waals surface area contributed by atoms with Gasteiger partial charge in [0.05, 0.1) is 12.6 Å². The Labute approximate surface area is 175 Å². The summed E-state index contributed by atoms with van der Waals surface area (Å²) in [6.45, 7) is 4.96. The number of rotatable bonds is 5. The van der Waals surface area contributed by atoms with Gasteiger partial charge in [-0.05, 0) is 49.6 Å². The highest BCUT2D eigenvalue weighted by Crippen LogP contribution is 2.23. The van der Waals surface area contributed by atoms with Crippen molar-refractivity contribution in [1.82, 2.24) is 24.5 Å². The highest BCUT2D eigenvalue weighted by molar-refractivity contribution is 5.92. The van der Waals surface area contributed by atoms with Crippen molar-refractivity contribution < 1.29 is 4.74 Å². The zero-order valence-electron chi connectivity index (χ0n) is 17.4. The monoisotopic (exact) mass is 402 g/mol. The van der Waals surface area contributed by atoms with Crippen LogP contribution in [0.25, 0.3) is 16.6 Å². The summed E-state index contributed by atoms with van der Waals surface area (Å²) in [7, 11) is 1.71. The maximum Gasteiger partial charge on any atom is 0.226 e. The van der Waals surface area contributed by atoms with Gasteiger partial charge in [-0.15, -0.1) is 5.10 Å². The Morgan fingerprint density at radius 1 is 1.07 bits per heavy atom. The smallest absolute Gasteiger partial charge is 0.226 e. The molecule has 4 aromatic rings. The molecule has 0 amide bonds. The summed E-state index contributed by atoms with van der Waals surface area (Å²) in [4.78, 5) is 12.0. The van der Waals surface area contributed by atoms with Crippen LogP contribution in [0, 0.1) is 6.92 Å². The van der Waals surface area contributed by atoms with E-state index in [4.69, 9.17) is 9.72 Å². The number of piperidine rings is 1. The average Bonchev–Trinajstić information content (AvgIpc) is 3.17. The highest BCUT2D eigenvalue weighted by atomic mass is 16.5. The van der Waals surface area contributed by atoms with Crippen molar-refractivity contribution in [1.29, 1.82) is 0 Å². The van der Waals surface area contributed by atoms with Gasteiger partial charge in [-0.1, -0.05) is 24.3 Å². The zero-order valence-corrected chi connectivity index (χ0v) is 17.4. The molecule has 0 unspecified atom stereocenters. The van der Waals surface area contributed by atoms with E-state index in [1.165, 1.54) is 5.56 Å². The summed E-state index contributed by atoms with van der Waals surface area (Å²) < 4.78 is 7.19. The molecule has 30 heavy (non-hydrogen) atoms. The molecule has 1 aliphatic rings. The van der Waals surface area contributed by atoms with Gasteiger partial charge in [-0.3, -0.25) is 4.90 Å². The fourth-order valence-corrected chi connectivity index (χ4v) is 4.20. The maximum absolute atomic E-state index is 5.35. The Kier molecular flexibility index (Phi) is 4.96. The number of anilines is 1. The van der Waals surface area contributed by atoms with E-state index in [2.05, 4.69) is 38.5 Å². The minimum absolute atomic E-state index is 0.368. The second-order valence-electron chi connectivity index (χ2n) is 7.89. The van der Waals surface area contributed by atoms with E-state index in [0.717, 1.165) is 66.5 Å². The summed E-state index contributed by atoms with van der Waals surface area (Å²) in [6.07, 6.45) is 2.13. The number of methoxy groups -OCH3 is 1. The topological polar surface area (TPSA) is 67.6 Å². The van der Waals surface area contributed by atoms with E-state index < -0.39 is 0 Å². The zero-order chi connectivity index (χ0) is 20.5. The molecule has 5 rings (SSSR count). The molecule has 1 fully saturated rings. The number of ether oxygens (including phenoxy) is 1. The molecule has 0 radical (unpaired) electrons. The lowest BCUT2D eigenvalue weighted by Crippen LogP contribution is -2.39. The van der Waals surface area contributed by atoms with Crippen molar-refractivity contribution in [3.8, 4) is 5.75 Å². The molecule has 0 bridgehead atoms. The van der Waals surface area contributed by atoms with Crippen LogP contribution >= 0.6 is 0 Å². The van der Waals surface area contributed by atoms with E-state index in [0.29, 0.717) is 6.04 Å². The number of hydrogen-bond acceptors (Lipinski definition) is 6. The van der Waals surface area contributed by atoms with Gasteiger partial charge in [0, 0.05) is 31.1 Å². The van der Waals surface area contributed by atoms with Crippen molar-refractivity contribution in [2.75, 3.05) is 25.5 Å². The largest absolute Gasteiger partial charge is 0.497 e. The van der Waals surface area contributed by atoms with Gasteiger partial charge in [0.15, 0.2) is 5.65 Å². The number of nitrogens with zero attached hydrogens (tertiary/aromatic N) is 5. The normalized spacial score (nSPS) is 15.7. The fraction of sp³-hybridized carbons (Fsp3) is 0.348. The predicted octanol–water partition coefficient (Wildman–Crippen LogP) is 3.67. The van der Waals surface area contributed by atoms with Crippen LogP contribution in [0.2, 0.25) is 0 Å². The molecule has 7 nitrogen and oxygen atoms in total. The molecule has 3 heterocycles. The average molecular weight is 403 g/mol. The van der Waals surface area contributed by atoms with Gasteiger partial charge < -0.3 is 10.1 Å². The van der Waals surface area contributed by atoms with Crippen molar-refractivity contribution in [3.63, 3.8) is 0 Å². The first-order valence-electron chi connectivity index (χ1n) is 10.4. The molecule has 2 aromatic heterocycles. The third kappa shape index (κ3) is 3.68. The van der Waals surface area contributed by atoms with Gasteiger partial charge in [0.25, 0.3) is 0 Å². The Hall–Kier alpha value is -3.19. The first-order chi connectivity index (χ1) is 14.7. The minimum atomic E-state index is 0.368. The molecule has 1 aliphatic heterocycles. The maximum atomic E-state index is 5.35. The molecule has 0 aliphatic carbocycles. The third-order valence-electron chi connectivity index (χ3n) is 5.75. The molecule has 154 valence electrons. The Balaban J connectivity index is 1.30. The van der Waals surface area contributed by atoms with E-state index in [9.17, 15) is 0 Å². The van der Waals surface area contributed by atoms with Crippen molar-refractivity contribution in [2.24, 2.45) is 0 Å². The van der Waals surface area contributed by atoms with E-state index >= 15 is 0 Å². The van der Waals surface area contributed by atoms with E-state index in [1.807, 2.05) is 41.8 Å². The van der Waals surface area contributed by atoms with E-state index in [-0.39, 0.29) is 0 Å². The van der Waals surface area contributed by atoms with Crippen LogP contribution in [0.5, 0.6) is 5.75 Å². The summed E-state index contributed by atoms with van der Waals surface area (Å²) in [6, 6.07) is 16.8. The quantitative estimate of drug-likeness (QED) is 0.549. The first kappa shape index (κ1) is 18.8. The van der Waals surface area contributed by atoms with Crippen LogP contribution in [0.4, 0.5) is 5.95 Å². The number of aromatic nitrogens is 4. The molecular weight excluding hydrogens is 376 g/mol. The molecule has 0 saturated carbocycles. The predicted molar refractivity (Wildman–Crippen MR) is 118 cm³/mol. The Morgan fingerprint density at radius 3 is 2.73 bits per heavy atom. The van der Waals surface area contributed by atoms with E-state index in [1.54, 1.807) is 7.11 Å². The van der Waals surface area contributed by atoms with Crippen LogP contribution in [0.1, 0.15) is 24.2 Å². The lowest BCUT2D eigenvalue weighted by molar-refractivity contribution is 0.210. The Bertz CT molecular complexity index is 1180. The summed E-state index contributed by atoms with van der Waals surface area (Å²) in [5.74, 6) is 2.44. The van der Waals surface area contributed by atoms with Crippen LogP contribution in [-0.4, -0.2) is 50.7 Å². The number of benzene rings is 2. The van der Waals surface area contributed by atoms with Gasteiger partial charge in [0.2, 0.25) is 5.95 Å². The minimum Gasteiger partial charge on any atom is -0.497 e. The molecule has 7 heteroatoms. The number of likely N-dealkylation sites (tertiary alicyclic amines) is 1. The standard InChI is InChI=1S/C23H26N6O/c1-16-24-22-20-8-3-4-9-21(20)26-23(29(22)27-16)25-18-10-12-28(13-11-18)15-17-6-5-7-19(14-17)30-2/h3-9,14,18H,10-13,15H2,1-2H3,(H,25,26). The van der Waals surface area contributed by atoms with Crippen molar-refractivity contribution in [3.05, 3.63) is 59.9 Å². The van der Waals surface area contributed by atoms with Crippen molar-refractivity contribution >= 4 is 22.5 Å². The molecule has 0 atom stereocenters. The first-order valence-corrected chi connectivity index (χ1v) is 10.4. The number of para-hydroxylation sites is 1. The van der Waals surface area contributed by atoms with Gasteiger partial charge in [0.1, 0.15) is 11.6 Å². The second-order valence-corrected chi connectivity index (χ2v) is 7.89. The second kappa shape index (κ2) is 7.91.